The van der Waals surface area contributed by atoms with E-state index in [1.807, 2.05) is 0 Å². The fourth-order valence-electron chi connectivity index (χ4n) is 4.83. The number of ether oxygens (including phenoxy) is 2. The minimum Gasteiger partial charge on any atom is -0.490 e. The van der Waals surface area contributed by atoms with Crippen molar-refractivity contribution in [2.24, 2.45) is 16.9 Å². The van der Waals surface area contributed by atoms with E-state index >= 15 is 0 Å². The van der Waals surface area contributed by atoms with Gasteiger partial charge in [-0.1, -0.05) is 25.4 Å². The van der Waals surface area contributed by atoms with Crippen molar-refractivity contribution in [3.05, 3.63) is 40.0 Å². The molecule has 1 fully saturated rings. The van der Waals surface area contributed by atoms with E-state index in [2.05, 4.69) is 37.8 Å². The van der Waals surface area contributed by atoms with Crippen molar-refractivity contribution in [2.75, 3.05) is 43.0 Å². The number of rotatable bonds is 8. The van der Waals surface area contributed by atoms with Gasteiger partial charge in [0, 0.05) is 41.9 Å². The Balaban J connectivity index is 1.49. The molecule has 1 aromatic heterocycles. The molecule has 2 aliphatic heterocycles. The zero-order valence-corrected chi connectivity index (χ0v) is 25.3. The van der Waals surface area contributed by atoms with Gasteiger partial charge in [0.2, 0.25) is 5.88 Å². The Hall–Kier alpha value is -2.29. The smallest absolute Gasteiger partial charge is 0.431 e. The SMILES string of the molecule is COc1cc(N2CC[C@@H](Oc3ccc(N4N=C(C(F)(F)F)[C@@H](C)[C@@H]4COS(C)(=O)=O)c(Br)c3)[C@H](C)C2)c(Cl)cn1. The van der Waals surface area contributed by atoms with Crippen molar-refractivity contribution < 1.29 is 35.2 Å². The Bertz CT molecular complexity index is 1380. The van der Waals surface area contributed by atoms with Crippen LogP contribution in [0.3, 0.4) is 0 Å². The third-order valence-electron chi connectivity index (χ3n) is 6.92. The van der Waals surface area contributed by atoms with Crippen LogP contribution in [0.1, 0.15) is 20.3 Å². The van der Waals surface area contributed by atoms with Crippen LogP contribution >= 0.6 is 27.5 Å². The summed E-state index contributed by atoms with van der Waals surface area (Å²) in [5, 5.41) is 5.50. The van der Waals surface area contributed by atoms with Gasteiger partial charge in [-0.2, -0.15) is 26.7 Å². The normalized spacial score (nSPS) is 23.8. The lowest BCUT2D eigenvalue weighted by atomic mass is 9.96. The van der Waals surface area contributed by atoms with Crippen LogP contribution < -0.4 is 19.4 Å². The highest BCUT2D eigenvalue weighted by Gasteiger charge is 2.49. The molecule has 2 aliphatic rings. The number of nitrogens with zero attached hydrogens (tertiary/aromatic N) is 4. The summed E-state index contributed by atoms with van der Waals surface area (Å²) in [7, 11) is -2.33. The van der Waals surface area contributed by atoms with Gasteiger partial charge >= 0.3 is 6.18 Å². The maximum absolute atomic E-state index is 13.6. The first-order valence-corrected chi connectivity index (χ1v) is 15.4. The standard InChI is InChI=1S/C25H29BrClF3N4O5S/c1-14-12-33(20-10-23(37-3)31-11-18(20)27)8-7-22(14)39-16-5-6-19(17(26)9-16)34-21(13-38-40(4,35)36)15(2)24(32-34)25(28,29)30/h5-6,9-11,14-15,21-22H,7-8,12-13H2,1-4H3/t14-,15+,21+,22-/m1/s1. The van der Waals surface area contributed by atoms with Gasteiger partial charge in [-0.15, -0.1) is 0 Å². The summed E-state index contributed by atoms with van der Waals surface area (Å²) in [5.74, 6) is 0.00289. The first-order valence-electron chi connectivity index (χ1n) is 12.4. The van der Waals surface area contributed by atoms with E-state index in [9.17, 15) is 21.6 Å². The largest absolute Gasteiger partial charge is 0.490 e. The zero-order valence-electron chi connectivity index (χ0n) is 22.2. The van der Waals surface area contributed by atoms with E-state index < -0.39 is 40.6 Å². The summed E-state index contributed by atoms with van der Waals surface area (Å²) in [6.07, 6.45) is -1.69. The monoisotopic (exact) mass is 668 g/mol. The lowest BCUT2D eigenvalue weighted by Gasteiger charge is -2.38. The maximum Gasteiger partial charge on any atom is 0.431 e. The van der Waals surface area contributed by atoms with Crippen LogP contribution in [-0.4, -0.2) is 70.5 Å². The fraction of sp³-hybridized carbons (Fsp3) is 0.520. The second-order valence-electron chi connectivity index (χ2n) is 9.83. The maximum atomic E-state index is 13.6. The number of pyridine rings is 1. The minimum absolute atomic E-state index is 0.117. The van der Waals surface area contributed by atoms with E-state index in [1.165, 1.54) is 6.92 Å². The number of anilines is 2. The van der Waals surface area contributed by atoms with E-state index in [0.717, 1.165) is 17.0 Å². The van der Waals surface area contributed by atoms with Gasteiger partial charge in [0.25, 0.3) is 10.1 Å². The molecular formula is C25H29BrClF3N4O5S. The summed E-state index contributed by atoms with van der Waals surface area (Å²) < 4.78 is 80.8. The molecule has 0 amide bonds. The number of hydrazone groups is 1. The molecule has 0 radical (unpaired) electrons. The van der Waals surface area contributed by atoms with Crippen molar-refractivity contribution in [3.8, 4) is 11.6 Å². The van der Waals surface area contributed by atoms with Gasteiger partial charge in [0.05, 0.1) is 48.6 Å². The molecule has 3 heterocycles. The van der Waals surface area contributed by atoms with Crippen molar-refractivity contribution >= 4 is 54.7 Å². The molecule has 4 atom stereocenters. The minimum atomic E-state index is -4.68. The van der Waals surface area contributed by atoms with Crippen LogP contribution in [0.25, 0.3) is 0 Å². The molecule has 2 aromatic rings. The molecule has 0 aliphatic carbocycles. The number of hydrogen-bond acceptors (Lipinski definition) is 9. The summed E-state index contributed by atoms with van der Waals surface area (Å²) >= 11 is 9.81. The molecule has 15 heteroatoms. The summed E-state index contributed by atoms with van der Waals surface area (Å²) in [6, 6.07) is 5.72. The van der Waals surface area contributed by atoms with Crippen LogP contribution in [-0.2, 0) is 14.3 Å². The van der Waals surface area contributed by atoms with Crippen molar-refractivity contribution in [1.29, 1.82) is 0 Å². The zero-order chi connectivity index (χ0) is 29.4. The predicted octanol–water partition coefficient (Wildman–Crippen LogP) is 5.52. The molecule has 1 aromatic carbocycles. The van der Waals surface area contributed by atoms with Gasteiger partial charge in [0.15, 0.2) is 0 Å². The fourth-order valence-corrected chi connectivity index (χ4v) is 5.98. The molecule has 9 nitrogen and oxygen atoms in total. The van der Waals surface area contributed by atoms with Crippen molar-refractivity contribution in [3.63, 3.8) is 0 Å². The van der Waals surface area contributed by atoms with E-state index in [-0.39, 0.29) is 12.0 Å². The average molecular weight is 670 g/mol. The molecule has 220 valence electrons. The number of aromatic nitrogens is 1. The first kappa shape index (κ1) is 30.7. The third-order valence-corrected chi connectivity index (χ3v) is 8.41. The van der Waals surface area contributed by atoms with E-state index in [0.29, 0.717) is 46.3 Å². The summed E-state index contributed by atoms with van der Waals surface area (Å²) in [4.78, 5) is 6.27. The Morgan fingerprint density at radius 2 is 1.93 bits per heavy atom. The second-order valence-corrected chi connectivity index (χ2v) is 12.7. The molecule has 0 bridgehead atoms. The molecule has 0 saturated carbocycles. The Kier molecular flexibility index (Phi) is 9.13. The van der Waals surface area contributed by atoms with Crippen LogP contribution in [0.15, 0.2) is 40.0 Å². The topological polar surface area (TPSA) is 93.6 Å². The number of methoxy groups -OCH3 is 1. The molecule has 0 N–H and O–H groups in total. The highest BCUT2D eigenvalue weighted by atomic mass is 79.9. The first-order chi connectivity index (χ1) is 18.7. The van der Waals surface area contributed by atoms with Crippen LogP contribution in [0.2, 0.25) is 5.02 Å². The third kappa shape index (κ3) is 6.94. The Labute approximate surface area is 244 Å². The van der Waals surface area contributed by atoms with E-state index in [1.54, 1.807) is 37.6 Å². The highest BCUT2D eigenvalue weighted by molar-refractivity contribution is 9.10. The second kappa shape index (κ2) is 11.9. The predicted molar refractivity (Wildman–Crippen MR) is 150 cm³/mol. The van der Waals surface area contributed by atoms with Gasteiger partial charge < -0.3 is 14.4 Å². The number of halogens is 5. The summed E-state index contributed by atoms with van der Waals surface area (Å²) in [6.45, 7) is 4.29. The molecule has 0 unspecified atom stereocenters. The van der Waals surface area contributed by atoms with Gasteiger partial charge in [-0.25, -0.2) is 4.98 Å². The lowest BCUT2D eigenvalue weighted by Crippen LogP contribution is -2.44. The quantitative estimate of drug-likeness (QED) is 0.340. The molecular weight excluding hydrogens is 641 g/mol. The molecule has 1 saturated heterocycles. The van der Waals surface area contributed by atoms with Crippen LogP contribution in [0.4, 0.5) is 24.5 Å². The lowest BCUT2D eigenvalue weighted by molar-refractivity contribution is -0.0621. The van der Waals surface area contributed by atoms with Gasteiger partial charge in [0.1, 0.15) is 17.6 Å². The number of hydrogen-bond donors (Lipinski definition) is 0. The number of benzene rings is 1. The highest BCUT2D eigenvalue weighted by Crippen LogP contribution is 2.40. The Morgan fingerprint density at radius 3 is 2.52 bits per heavy atom. The Morgan fingerprint density at radius 1 is 1.20 bits per heavy atom. The average Bonchev–Trinajstić information content (AvgIpc) is 3.20. The number of alkyl halides is 3. The number of piperidine rings is 1. The van der Waals surface area contributed by atoms with Crippen molar-refractivity contribution in [2.45, 2.75) is 38.6 Å². The van der Waals surface area contributed by atoms with Crippen LogP contribution in [0.5, 0.6) is 11.6 Å². The van der Waals surface area contributed by atoms with Gasteiger partial charge in [-0.3, -0.25) is 9.19 Å². The molecule has 4 rings (SSSR count). The van der Waals surface area contributed by atoms with Crippen molar-refractivity contribution in [1.82, 2.24) is 4.98 Å². The van der Waals surface area contributed by atoms with Crippen LogP contribution in [0, 0.1) is 11.8 Å². The van der Waals surface area contributed by atoms with Gasteiger partial charge in [-0.05, 0) is 34.1 Å². The van der Waals surface area contributed by atoms with E-state index in [4.69, 9.17) is 25.3 Å². The summed E-state index contributed by atoms with van der Waals surface area (Å²) in [5.41, 5.74) is 0.151. The molecule has 40 heavy (non-hydrogen) atoms. The molecule has 0 spiro atoms.